The largest absolute Gasteiger partial charge is 0.462 e. The first kappa shape index (κ1) is 21.8. The third-order valence-corrected chi connectivity index (χ3v) is 6.00. The molecule has 0 saturated heterocycles. The molecule has 2 aliphatic rings. The average Bonchev–Trinajstić information content (AvgIpc) is 2.93. The van der Waals surface area contributed by atoms with E-state index in [4.69, 9.17) is 14.3 Å². The Kier molecular flexibility index (Phi) is 6.41. The minimum absolute atomic E-state index is 0.0599. The van der Waals surface area contributed by atoms with E-state index in [1.165, 1.54) is 6.92 Å². The Morgan fingerprint density at radius 3 is 2.29 bits per heavy atom. The molecule has 0 N–H and O–H groups in total. The number of oxime groups is 1. The maximum absolute atomic E-state index is 12.5. The second-order valence-electron chi connectivity index (χ2n) is 8.05. The van der Waals surface area contributed by atoms with Crippen LogP contribution in [0, 0.1) is 16.7 Å². The highest BCUT2D eigenvalue weighted by molar-refractivity contribution is 6.45. The molecule has 2 aliphatic carbocycles. The number of hydrogen-bond donors (Lipinski definition) is 0. The van der Waals surface area contributed by atoms with Crippen LogP contribution in [0.15, 0.2) is 17.3 Å². The molecule has 0 amide bonds. The number of ketones is 1. The van der Waals surface area contributed by atoms with Crippen molar-refractivity contribution in [3.63, 3.8) is 0 Å². The van der Waals surface area contributed by atoms with E-state index in [2.05, 4.69) is 11.7 Å². The summed E-state index contributed by atoms with van der Waals surface area (Å²) in [5.74, 6) is -2.06. The number of carbonyl (C=O) groups excluding carboxylic acids is 4. The van der Waals surface area contributed by atoms with Crippen molar-refractivity contribution in [3.8, 4) is 0 Å². The number of hydrogen-bond acceptors (Lipinski definition) is 8. The van der Waals surface area contributed by atoms with Gasteiger partial charge in [0.25, 0.3) is 0 Å². The molecule has 2 bridgehead atoms. The van der Waals surface area contributed by atoms with Crippen molar-refractivity contribution in [2.75, 3.05) is 13.2 Å². The van der Waals surface area contributed by atoms with Crippen LogP contribution in [0.2, 0.25) is 0 Å². The van der Waals surface area contributed by atoms with Gasteiger partial charge in [-0.25, -0.2) is 9.59 Å². The summed E-state index contributed by atoms with van der Waals surface area (Å²) in [6, 6.07) is 0. The summed E-state index contributed by atoms with van der Waals surface area (Å²) in [6.45, 7) is 10.8. The highest BCUT2D eigenvalue weighted by atomic mass is 16.7. The molecule has 0 aromatic heterocycles. The van der Waals surface area contributed by atoms with Crippen LogP contribution in [0.5, 0.6) is 0 Å². The van der Waals surface area contributed by atoms with Gasteiger partial charge in [-0.3, -0.25) is 9.59 Å². The summed E-state index contributed by atoms with van der Waals surface area (Å²) in [4.78, 5) is 52.0. The molecule has 8 heteroatoms. The number of Topliss-reactive ketones (excluding diaryl/α,β-unsaturated/α-hetero) is 1. The zero-order valence-electron chi connectivity index (χ0n) is 16.8. The number of ether oxygens (including phenoxy) is 2. The van der Waals surface area contributed by atoms with Crippen molar-refractivity contribution < 1.29 is 33.5 Å². The van der Waals surface area contributed by atoms with Crippen molar-refractivity contribution in [1.82, 2.24) is 0 Å². The van der Waals surface area contributed by atoms with Gasteiger partial charge in [0, 0.05) is 16.9 Å². The summed E-state index contributed by atoms with van der Waals surface area (Å²) < 4.78 is 9.64. The van der Waals surface area contributed by atoms with Crippen molar-refractivity contribution in [2.45, 2.75) is 53.4 Å². The number of nitrogens with zero attached hydrogens (tertiary/aromatic N) is 1. The number of rotatable bonds is 8. The fourth-order valence-corrected chi connectivity index (χ4v) is 3.80. The van der Waals surface area contributed by atoms with Crippen LogP contribution >= 0.6 is 0 Å². The standard InChI is InChI=1S/C20H27NO7/c1-12(2)18(25)27-11-10-26-14(22)6-7-15(23)28-21-17-16(24)13-8-9-20(17,5)19(13,3)4/h13H,1,6-11H2,2-5H3/b21-17-. The van der Waals surface area contributed by atoms with Gasteiger partial charge < -0.3 is 14.3 Å². The van der Waals surface area contributed by atoms with Gasteiger partial charge in [-0.15, -0.1) is 0 Å². The lowest BCUT2D eigenvalue weighted by Crippen LogP contribution is -2.34. The van der Waals surface area contributed by atoms with Gasteiger partial charge in [-0.2, -0.15) is 0 Å². The van der Waals surface area contributed by atoms with E-state index in [1.807, 2.05) is 20.8 Å². The second-order valence-corrected chi connectivity index (χ2v) is 8.05. The molecular weight excluding hydrogens is 366 g/mol. The summed E-state index contributed by atoms with van der Waals surface area (Å²) >= 11 is 0. The molecular formula is C20H27NO7. The molecule has 0 spiro atoms. The highest BCUT2D eigenvalue weighted by Gasteiger charge is 2.65. The Balaban J connectivity index is 1.74. The zero-order valence-corrected chi connectivity index (χ0v) is 16.8. The van der Waals surface area contributed by atoms with Crippen LogP contribution in [0.3, 0.4) is 0 Å². The molecule has 0 aliphatic heterocycles. The first-order valence-electron chi connectivity index (χ1n) is 9.31. The molecule has 154 valence electrons. The molecule has 2 atom stereocenters. The SMILES string of the molecule is C=C(C)C(=O)OCCOC(=O)CCC(=O)O/N=C1/C(=O)C2CCC1(C)C2(C)C. The topological polar surface area (TPSA) is 108 Å². The third-order valence-electron chi connectivity index (χ3n) is 6.00. The van der Waals surface area contributed by atoms with Gasteiger partial charge in [0.1, 0.15) is 18.9 Å². The maximum Gasteiger partial charge on any atom is 0.335 e. The van der Waals surface area contributed by atoms with Gasteiger partial charge in [0.2, 0.25) is 0 Å². The molecule has 0 heterocycles. The number of carbonyl (C=O) groups is 4. The van der Waals surface area contributed by atoms with Crippen molar-refractivity contribution in [1.29, 1.82) is 0 Å². The first-order chi connectivity index (χ1) is 13.0. The van der Waals surface area contributed by atoms with Crippen LogP contribution in [0.25, 0.3) is 0 Å². The van der Waals surface area contributed by atoms with Crippen molar-refractivity contribution in [2.24, 2.45) is 21.9 Å². The lowest BCUT2D eigenvalue weighted by molar-refractivity contribution is -0.153. The smallest absolute Gasteiger partial charge is 0.335 e. The van der Waals surface area contributed by atoms with Crippen molar-refractivity contribution >= 4 is 29.4 Å². The molecule has 8 nitrogen and oxygen atoms in total. The minimum atomic E-state index is -0.713. The summed E-state index contributed by atoms with van der Waals surface area (Å²) in [5.41, 5.74) is -0.0621. The van der Waals surface area contributed by atoms with Gasteiger partial charge in [-0.05, 0) is 25.2 Å². The number of fused-ring (bicyclic) bond motifs is 2. The highest BCUT2D eigenvalue weighted by Crippen LogP contribution is 2.62. The Morgan fingerprint density at radius 2 is 1.71 bits per heavy atom. The molecule has 0 radical (unpaired) electrons. The van der Waals surface area contributed by atoms with Crippen LogP contribution in [-0.4, -0.2) is 42.6 Å². The average molecular weight is 393 g/mol. The van der Waals surface area contributed by atoms with Crippen LogP contribution in [-0.2, 0) is 33.5 Å². The molecule has 2 fully saturated rings. The molecule has 2 saturated carbocycles. The van der Waals surface area contributed by atoms with E-state index < -0.39 is 23.3 Å². The fraction of sp³-hybridized carbons (Fsp3) is 0.650. The Labute approximate surface area is 164 Å². The van der Waals surface area contributed by atoms with Gasteiger partial charge in [0.05, 0.1) is 12.8 Å². The van der Waals surface area contributed by atoms with E-state index in [0.29, 0.717) is 5.71 Å². The van der Waals surface area contributed by atoms with Crippen LogP contribution < -0.4 is 0 Å². The Bertz CT molecular complexity index is 737. The number of esters is 2. The summed E-state index contributed by atoms with van der Waals surface area (Å²) in [6.07, 6.45) is 1.23. The molecule has 2 unspecified atom stereocenters. The van der Waals surface area contributed by atoms with E-state index >= 15 is 0 Å². The lowest BCUT2D eigenvalue weighted by Gasteiger charge is -2.32. The predicted molar refractivity (Wildman–Crippen MR) is 99.1 cm³/mol. The fourth-order valence-electron chi connectivity index (χ4n) is 3.80. The van der Waals surface area contributed by atoms with Crippen molar-refractivity contribution in [3.05, 3.63) is 12.2 Å². The van der Waals surface area contributed by atoms with E-state index in [9.17, 15) is 19.2 Å². The zero-order chi connectivity index (χ0) is 21.1. The second kappa shape index (κ2) is 8.24. The molecule has 0 aromatic carbocycles. The van der Waals surface area contributed by atoms with Gasteiger partial charge in [0.15, 0.2) is 5.78 Å². The van der Waals surface area contributed by atoms with E-state index in [1.54, 1.807) is 0 Å². The lowest BCUT2D eigenvalue weighted by atomic mass is 9.70. The molecule has 2 rings (SSSR count). The minimum Gasteiger partial charge on any atom is -0.462 e. The summed E-state index contributed by atoms with van der Waals surface area (Å²) in [5, 5.41) is 3.84. The van der Waals surface area contributed by atoms with E-state index in [0.717, 1.165) is 12.8 Å². The summed E-state index contributed by atoms with van der Waals surface area (Å²) in [7, 11) is 0. The quantitative estimate of drug-likeness (QED) is 0.205. The maximum atomic E-state index is 12.5. The molecule has 0 aromatic rings. The normalized spacial score (nSPS) is 26.2. The first-order valence-corrected chi connectivity index (χ1v) is 9.31. The van der Waals surface area contributed by atoms with Gasteiger partial charge in [-0.1, -0.05) is 32.5 Å². The van der Waals surface area contributed by atoms with Crippen LogP contribution in [0.4, 0.5) is 0 Å². The molecule has 28 heavy (non-hydrogen) atoms. The van der Waals surface area contributed by atoms with Crippen LogP contribution in [0.1, 0.15) is 53.4 Å². The monoisotopic (exact) mass is 393 g/mol. The predicted octanol–water partition coefficient (Wildman–Crippen LogP) is 2.35. The van der Waals surface area contributed by atoms with E-state index in [-0.39, 0.29) is 48.7 Å². The van der Waals surface area contributed by atoms with Gasteiger partial charge >= 0.3 is 17.9 Å². The third kappa shape index (κ3) is 4.15. The Hall–Kier alpha value is -2.51. The Morgan fingerprint density at radius 1 is 1.11 bits per heavy atom.